The van der Waals surface area contributed by atoms with Crippen LogP contribution < -0.4 is 4.74 Å². The minimum atomic E-state index is -0.0291. The molecule has 0 aliphatic rings. The molecule has 0 aliphatic heterocycles. The zero-order valence-electron chi connectivity index (χ0n) is 17.9. The minimum absolute atomic E-state index is 0.0291. The van der Waals surface area contributed by atoms with Gasteiger partial charge in [0.15, 0.2) is 5.78 Å². The molecule has 1 heterocycles. The van der Waals surface area contributed by atoms with Crippen molar-refractivity contribution in [3.05, 3.63) is 120 Å². The molecule has 0 unspecified atom stereocenters. The van der Waals surface area contributed by atoms with Crippen molar-refractivity contribution in [1.29, 1.82) is 0 Å². The Labute approximate surface area is 187 Å². The molecule has 0 saturated carbocycles. The zero-order chi connectivity index (χ0) is 21.9. The lowest BCUT2D eigenvalue weighted by atomic mass is 10.0. The van der Waals surface area contributed by atoms with Gasteiger partial charge in [-0.2, -0.15) is 0 Å². The molecule has 0 N–H and O–H groups in total. The summed E-state index contributed by atoms with van der Waals surface area (Å²) in [5.41, 5.74) is 4.09. The highest BCUT2D eigenvalue weighted by Crippen LogP contribution is 2.26. The highest BCUT2D eigenvalue weighted by molar-refractivity contribution is 6.07. The lowest BCUT2D eigenvalue weighted by Crippen LogP contribution is -1.98. The predicted octanol–water partition coefficient (Wildman–Crippen LogP) is 6.75. The summed E-state index contributed by atoms with van der Waals surface area (Å²) in [4.78, 5) is 12.7. The molecule has 0 atom stereocenters. The van der Waals surface area contributed by atoms with Crippen LogP contribution in [0, 0.1) is 0 Å². The number of ether oxygens (including phenoxy) is 1. The first kappa shape index (κ1) is 19.8. The molecule has 5 rings (SSSR count). The van der Waals surface area contributed by atoms with Crippen molar-refractivity contribution >= 4 is 33.5 Å². The standard InChI is InChI=1S/C29H23NO2/c1-32-25-16-13-22(14-17-25)29(31)18-15-24-20-30(28-12-5-4-11-27(24)28)19-23-9-6-8-21-7-2-3-10-26(21)23/h2-18,20H,19H2,1H3/b18-15+. The van der Waals surface area contributed by atoms with Gasteiger partial charge in [0, 0.05) is 34.8 Å². The van der Waals surface area contributed by atoms with Crippen LogP contribution in [0.1, 0.15) is 21.5 Å². The van der Waals surface area contributed by atoms with Gasteiger partial charge in [-0.05, 0) is 58.8 Å². The van der Waals surface area contributed by atoms with E-state index in [1.165, 1.54) is 16.3 Å². The molecular weight excluding hydrogens is 394 g/mol. The van der Waals surface area contributed by atoms with E-state index in [9.17, 15) is 4.79 Å². The number of nitrogens with zero attached hydrogens (tertiary/aromatic N) is 1. The summed E-state index contributed by atoms with van der Waals surface area (Å²) in [7, 11) is 1.62. The fraction of sp³-hybridized carbons (Fsp3) is 0.0690. The zero-order valence-corrected chi connectivity index (χ0v) is 17.9. The molecular formula is C29H23NO2. The smallest absolute Gasteiger partial charge is 0.185 e. The Kier molecular flexibility index (Phi) is 5.30. The summed E-state index contributed by atoms with van der Waals surface area (Å²) < 4.78 is 7.43. The van der Waals surface area contributed by atoms with Crippen LogP contribution in [0.4, 0.5) is 0 Å². The summed E-state index contributed by atoms with van der Waals surface area (Å²) >= 11 is 0. The first-order chi connectivity index (χ1) is 15.7. The number of fused-ring (bicyclic) bond motifs is 2. The van der Waals surface area contributed by atoms with Crippen molar-refractivity contribution in [3.63, 3.8) is 0 Å². The monoisotopic (exact) mass is 417 g/mol. The Bertz CT molecular complexity index is 1440. The number of para-hydroxylation sites is 1. The van der Waals surface area contributed by atoms with Crippen molar-refractivity contribution in [2.24, 2.45) is 0 Å². The van der Waals surface area contributed by atoms with Crippen molar-refractivity contribution in [3.8, 4) is 5.75 Å². The Balaban J connectivity index is 1.48. The second kappa shape index (κ2) is 8.56. The van der Waals surface area contributed by atoms with Gasteiger partial charge in [-0.15, -0.1) is 0 Å². The largest absolute Gasteiger partial charge is 0.497 e. The molecule has 156 valence electrons. The number of carbonyl (C=O) groups is 1. The van der Waals surface area contributed by atoms with Gasteiger partial charge >= 0.3 is 0 Å². The van der Waals surface area contributed by atoms with Gasteiger partial charge in [-0.1, -0.05) is 60.7 Å². The van der Waals surface area contributed by atoms with E-state index in [4.69, 9.17) is 4.74 Å². The van der Waals surface area contributed by atoms with Crippen molar-refractivity contribution < 1.29 is 9.53 Å². The summed E-state index contributed by atoms with van der Waals surface area (Å²) in [6.45, 7) is 0.766. The van der Waals surface area contributed by atoms with Gasteiger partial charge in [-0.3, -0.25) is 4.79 Å². The van der Waals surface area contributed by atoms with Gasteiger partial charge in [0.2, 0.25) is 0 Å². The van der Waals surface area contributed by atoms with E-state index in [0.29, 0.717) is 5.56 Å². The summed E-state index contributed by atoms with van der Waals surface area (Å²) in [5, 5.41) is 3.64. The number of hydrogen-bond donors (Lipinski definition) is 0. The first-order valence-corrected chi connectivity index (χ1v) is 10.6. The quantitative estimate of drug-likeness (QED) is 0.226. The average molecular weight is 418 g/mol. The molecule has 0 fully saturated rings. The molecule has 32 heavy (non-hydrogen) atoms. The molecule has 0 bridgehead atoms. The highest BCUT2D eigenvalue weighted by Gasteiger charge is 2.09. The van der Waals surface area contributed by atoms with Gasteiger partial charge in [0.1, 0.15) is 5.75 Å². The van der Waals surface area contributed by atoms with E-state index in [1.807, 2.05) is 12.1 Å². The number of methoxy groups -OCH3 is 1. The Morgan fingerprint density at radius 2 is 1.56 bits per heavy atom. The highest BCUT2D eigenvalue weighted by atomic mass is 16.5. The van der Waals surface area contributed by atoms with Crippen molar-refractivity contribution in [2.45, 2.75) is 6.54 Å². The molecule has 0 saturated heterocycles. The SMILES string of the molecule is COc1ccc(C(=O)/C=C/c2cn(Cc3cccc4ccccc34)c3ccccc23)cc1. The number of carbonyl (C=O) groups excluding carboxylic acids is 1. The fourth-order valence-corrected chi connectivity index (χ4v) is 4.17. The molecule has 5 aromatic rings. The summed E-state index contributed by atoms with van der Waals surface area (Å²) in [6.07, 6.45) is 5.69. The van der Waals surface area contributed by atoms with E-state index in [2.05, 4.69) is 71.4 Å². The second-order valence-corrected chi connectivity index (χ2v) is 7.79. The number of hydrogen-bond acceptors (Lipinski definition) is 2. The van der Waals surface area contributed by atoms with Crippen LogP contribution in [0.25, 0.3) is 27.8 Å². The predicted molar refractivity (Wildman–Crippen MR) is 131 cm³/mol. The van der Waals surface area contributed by atoms with Crippen LogP contribution >= 0.6 is 0 Å². The molecule has 0 aliphatic carbocycles. The maximum absolute atomic E-state index is 12.7. The first-order valence-electron chi connectivity index (χ1n) is 10.6. The Morgan fingerprint density at radius 3 is 2.38 bits per heavy atom. The normalized spacial score (nSPS) is 11.4. The number of rotatable bonds is 6. The van der Waals surface area contributed by atoms with Crippen LogP contribution in [0.5, 0.6) is 5.75 Å². The van der Waals surface area contributed by atoms with Gasteiger partial charge < -0.3 is 9.30 Å². The fourth-order valence-electron chi connectivity index (χ4n) is 4.17. The van der Waals surface area contributed by atoms with Crippen molar-refractivity contribution in [2.75, 3.05) is 7.11 Å². The summed E-state index contributed by atoms with van der Waals surface area (Å²) in [6, 6.07) is 30.4. The molecule has 0 spiro atoms. The van der Waals surface area contributed by atoms with E-state index >= 15 is 0 Å². The maximum Gasteiger partial charge on any atom is 0.185 e. The Morgan fingerprint density at radius 1 is 0.844 bits per heavy atom. The molecule has 0 amide bonds. The number of allylic oxidation sites excluding steroid dienone is 1. The van der Waals surface area contributed by atoms with E-state index < -0.39 is 0 Å². The van der Waals surface area contributed by atoms with E-state index in [-0.39, 0.29) is 5.78 Å². The second-order valence-electron chi connectivity index (χ2n) is 7.79. The molecule has 1 aromatic heterocycles. The van der Waals surface area contributed by atoms with Crippen LogP contribution in [-0.4, -0.2) is 17.5 Å². The molecule has 0 radical (unpaired) electrons. The van der Waals surface area contributed by atoms with Crippen LogP contribution in [0.15, 0.2) is 103 Å². The van der Waals surface area contributed by atoms with Gasteiger partial charge in [-0.25, -0.2) is 0 Å². The third kappa shape index (κ3) is 3.81. The van der Waals surface area contributed by atoms with Crippen molar-refractivity contribution in [1.82, 2.24) is 4.57 Å². The summed E-state index contributed by atoms with van der Waals surface area (Å²) in [5.74, 6) is 0.709. The van der Waals surface area contributed by atoms with Crippen LogP contribution in [0.2, 0.25) is 0 Å². The maximum atomic E-state index is 12.7. The van der Waals surface area contributed by atoms with Gasteiger partial charge in [0.25, 0.3) is 0 Å². The molecule has 3 nitrogen and oxygen atoms in total. The Hall–Kier alpha value is -4.11. The van der Waals surface area contributed by atoms with E-state index in [0.717, 1.165) is 28.8 Å². The van der Waals surface area contributed by atoms with Crippen LogP contribution in [0.3, 0.4) is 0 Å². The lowest BCUT2D eigenvalue weighted by molar-refractivity contribution is 0.104. The number of ketones is 1. The average Bonchev–Trinajstić information content (AvgIpc) is 3.20. The minimum Gasteiger partial charge on any atom is -0.497 e. The van der Waals surface area contributed by atoms with E-state index in [1.54, 1.807) is 37.5 Å². The topological polar surface area (TPSA) is 31.2 Å². The molecule has 4 aromatic carbocycles. The lowest BCUT2D eigenvalue weighted by Gasteiger charge is -2.09. The van der Waals surface area contributed by atoms with Gasteiger partial charge in [0.05, 0.1) is 7.11 Å². The number of aromatic nitrogens is 1. The number of benzene rings is 4. The third-order valence-electron chi connectivity index (χ3n) is 5.83. The molecule has 3 heteroatoms. The third-order valence-corrected chi connectivity index (χ3v) is 5.83. The van der Waals surface area contributed by atoms with Crippen LogP contribution in [-0.2, 0) is 6.54 Å².